The zero-order valence-corrected chi connectivity index (χ0v) is 24.5. The molecule has 0 fully saturated rings. The van der Waals surface area contributed by atoms with E-state index in [9.17, 15) is 26.3 Å². The molecule has 0 amide bonds. The van der Waals surface area contributed by atoms with Gasteiger partial charge >= 0.3 is 33.4 Å². The number of fused-ring (bicyclic) bond motifs is 3. The van der Waals surface area contributed by atoms with Crippen molar-refractivity contribution in [1.82, 2.24) is 9.97 Å². The Balaban J connectivity index is 0.00000442. The molecular formula is C31H20F6N6Pt. The maximum atomic E-state index is 12.7. The number of hydrogen-bond acceptors (Lipinski definition) is 6. The van der Waals surface area contributed by atoms with Gasteiger partial charge in [-0.1, -0.05) is 72.8 Å². The molecule has 44 heavy (non-hydrogen) atoms. The molecule has 2 heterocycles. The van der Waals surface area contributed by atoms with Gasteiger partial charge in [0.05, 0.1) is 0 Å². The molecule has 0 bridgehead atoms. The van der Waals surface area contributed by atoms with Crippen molar-refractivity contribution in [3.63, 3.8) is 0 Å². The van der Waals surface area contributed by atoms with Gasteiger partial charge in [0.1, 0.15) is 5.41 Å². The maximum Gasteiger partial charge on any atom is 2.00 e. The minimum atomic E-state index is -4.82. The minimum absolute atomic E-state index is 0. The van der Waals surface area contributed by atoms with Crippen molar-refractivity contribution >= 4 is 23.1 Å². The van der Waals surface area contributed by atoms with Gasteiger partial charge in [-0.05, 0) is 34.4 Å². The Morgan fingerprint density at radius 2 is 1.00 bits per heavy atom. The first-order valence-corrected chi connectivity index (χ1v) is 12.6. The Bertz CT molecular complexity index is 1630. The number of hydrogen-bond donors (Lipinski definition) is 4. The largest absolute Gasteiger partial charge is 2.00 e. The summed E-state index contributed by atoms with van der Waals surface area (Å²) in [6, 6.07) is 25.0. The Morgan fingerprint density at radius 1 is 0.614 bits per heavy atom. The molecule has 2 aromatic carbocycles. The molecule has 4 N–H and O–H groups in total. The zero-order chi connectivity index (χ0) is 30.8. The summed E-state index contributed by atoms with van der Waals surface area (Å²) < 4.78 is 76.5. The molecule has 0 atom stereocenters. The van der Waals surface area contributed by atoms with Gasteiger partial charge in [-0.25, -0.2) is 0 Å². The van der Waals surface area contributed by atoms with Gasteiger partial charge in [-0.3, -0.25) is 9.97 Å². The van der Waals surface area contributed by atoms with Gasteiger partial charge in [0.2, 0.25) is 0 Å². The number of anilines is 2. The van der Waals surface area contributed by atoms with Gasteiger partial charge < -0.3 is 21.5 Å². The number of halogens is 6. The van der Waals surface area contributed by atoms with Crippen molar-refractivity contribution in [2.75, 3.05) is 10.6 Å². The van der Waals surface area contributed by atoms with Gasteiger partial charge in [0.25, 0.3) is 0 Å². The predicted octanol–water partition coefficient (Wildman–Crippen LogP) is 7.46. The molecule has 4 aromatic rings. The number of alkyl halides is 6. The van der Waals surface area contributed by atoms with E-state index >= 15 is 0 Å². The molecule has 0 radical (unpaired) electrons. The van der Waals surface area contributed by atoms with E-state index in [1.807, 2.05) is 48.5 Å². The molecule has 1 aliphatic rings. The summed E-state index contributed by atoms with van der Waals surface area (Å²) in [5.74, 6) is 0.308. The second-order valence-corrected chi connectivity index (χ2v) is 9.31. The number of rotatable bonds is 8. The fraction of sp³-hybridized carbons (Fsp3) is 0.0968. The first kappa shape index (κ1) is 32.3. The van der Waals surface area contributed by atoms with Gasteiger partial charge in [-0.2, -0.15) is 26.3 Å². The predicted molar refractivity (Wildman–Crippen MR) is 150 cm³/mol. The van der Waals surface area contributed by atoms with Crippen molar-refractivity contribution in [2.45, 2.75) is 17.8 Å². The normalized spacial score (nSPS) is 13.7. The maximum absolute atomic E-state index is 12.7. The van der Waals surface area contributed by atoms with Gasteiger partial charge in [0.15, 0.2) is 0 Å². The van der Waals surface area contributed by atoms with E-state index in [4.69, 9.17) is 20.8 Å². The van der Waals surface area contributed by atoms with Crippen LogP contribution in [0.25, 0.3) is 11.1 Å². The van der Waals surface area contributed by atoms with Crippen LogP contribution < -0.4 is 10.6 Å². The van der Waals surface area contributed by atoms with E-state index in [1.54, 1.807) is 24.3 Å². The van der Waals surface area contributed by atoms with E-state index in [0.29, 0.717) is 23.5 Å². The average Bonchev–Trinajstić information content (AvgIpc) is 3.28. The van der Waals surface area contributed by atoms with Crippen LogP contribution in [0.15, 0.2) is 97.1 Å². The molecule has 0 aliphatic heterocycles. The summed E-state index contributed by atoms with van der Waals surface area (Å²) in [6.07, 6.45) is -4.22. The zero-order valence-electron chi connectivity index (χ0n) is 22.2. The minimum Gasteiger partial charge on any atom is -0.453 e. The number of nitrogens with one attached hydrogen (secondary N) is 4. The molecule has 6 nitrogen and oxygen atoms in total. The molecule has 0 unspecified atom stereocenters. The van der Waals surface area contributed by atoms with Crippen LogP contribution in [0.3, 0.4) is 0 Å². The van der Waals surface area contributed by atoms with Gasteiger partial charge in [-0.15, -0.1) is 24.6 Å². The van der Waals surface area contributed by atoms with Crippen LogP contribution in [0.2, 0.25) is 0 Å². The van der Waals surface area contributed by atoms with E-state index in [2.05, 4.69) is 23.0 Å². The SMILES string of the molecule is N=C(C=[C-]Nc1cccc(C2(c3cccc(N[C-]=CC(=N)C(F)(F)F)n3)c3ccccc3-c3ccccc32)n1)C(F)(F)F.[Pt+2]. The van der Waals surface area contributed by atoms with Crippen molar-refractivity contribution in [3.8, 4) is 11.1 Å². The quantitative estimate of drug-likeness (QED) is 0.0569. The van der Waals surface area contributed by atoms with Crippen LogP contribution >= 0.6 is 0 Å². The van der Waals surface area contributed by atoms with Crippen LogP contribution in [-0.4, -0.2) is 33.7 Å². The molecule has 1 aliphatic carbocycles. The third-order valence-electron chi connectivity index (χ3n) is 6.66. The summed E-state index contributed by atoms with van der Waals surface area (Å²) >= 11 is 0. The summed E-state index contributed by atoms with van der Waals surface area (Å²) in [5, 5.41) is 19.4. The summed E-state index contributed by atoms with van der Waals surface area (Å²) in [7, 11) is 0. The van der Waals surface area contributed by atoms with Crippen LogP contribution in [-0.2, 0) is 26.5 Å². The monoisotopic (exact) mass is 785 g/mol. The standard InChI is InChI=1S/C31H20F6N6.Pt/c32-30(33,34)23(38)15-17-40-27-13-5-11-25(42-27)29(21-9-3-1-7-19(21)20-8-2-4-10-22(20)29)26-12-6-14-28(43-26)41-18-16-24(39)31(35,36)37;/h1-16,38-39H,(H,40,42)(H,41,43);/q-2;+2. The van der Waals surface area contributed by atoms with Crippen molar-refractivity contribution < 1.29 is 47.4 Å². The first-order valence-electron chi connectivity index (χ1n) is 12.6. The van der Waals surface area contributed by atoms with E-state index in [-0.39, 0.29) is 32.7 Å². The Morgan fingerprint density at radius 3 is 1.39 bits per heavy atom. The van der Waals surface area contributed by atoms with Crippen LogP contribution in [0.5, 0.6) is 0 Å². The molecule has 0 spiro atoms. The third-order valence-corrected chi connectivity index (χ3v) is 6.66. The molecule has 0 saturated carbocycles. The van der Waals surface area contributed by atoms with Crippen LogP contribution in [0.4, 0.5) is 38.0 Å². The Labute approximate surface area is 262 Å². The van der Waals surface area contributed by atoms with Crippen molar-refractivity contribution in [3.05, 3.63) is 132 Å². The third kappa shape index (κ3) is 6.21. The van der Waals surface area contributed by atoms with E-state index in [0.717, 1.165) is 22.3 Å². The number of aromatic nitrogens is 2. The van der Waals surface area contributed by atoms with Crippen LogP contribution in [0, 0.1) is 23.2 Å². The molecule has 226 valence electrons. The second-order valence-electron chi connectivity index (χ2n) is 9.31. The molecule has 0 saturated heterocycles. The fourth-order valence-corrected chi connectivity index (χ4v) is 4.87. The van der Waals surface area contributed by atoms with Gasteiger partial charge in [0, 0.05) is 34.4 Å². The number of allylic oxidation sites excluding steroid dienone is 2. The average molecular weight is 786 g/mol. The smallest absolute Gasteiger partial charge is 0.453 e. The van der Waals surface area contributed by atoms with Crippen molar-refractivity contribution in [1.29, 1.82) is 10.8 Å². The Hall–Kier alpha value is -4.57. The number of pyridine rings is 2. The molecule has 13 heteroatoms. The number of benzene rings is 2. The topological polar surface area (TPSA) is 97.5 Å². The second kappa shape index (κ2) is 12.6. The van der Waals surface area contributed by atoms with E-state index < -0.39 is 29.2 Å². The number of nitrogens with zero attached hydrogens (tertiary/aromatic N) is 2. The molecule has 5 rings (SSSR count). The molecular weight excluding hydrogens is 765 g/mol. The fourth-order valence-electron chi connectivity index (χ4n) is 4.87. The Kier molecular flexibility index (Phi) is 9.24. The first-order chi connectivity index (χ1) is 20.4. The summed E-state index contributed by atoms with van der Waals surface area (Å²) in [5.41, 5.74) is -0.0113. The van der Waals surface area contributed by atoms with Crippen LogP contribution in [0.1, 0.15) is 22.5 Å². The molecule has 2 aromatic heterocycles. The van der Waals surface area contributed by atoms with E-state index in [1.165, 1.54) is 12.1 Å². The summed E-state index contributed by atoms with van der Waals surface area (Å²) in [6.45, 7) is 0. The summed E-state index contributed by atoms with van der Waals surface area (Å²) in [4.78, 5) is 9.44. The van der Waals surface area contributed by atoms with Crippen molar-refractivity contribution in [2.24, 2.45) is 0 Å².